The molecule has 0 aliphatic heterocycles. The third kappa shape index (κ3) is 4.65. The normalized spacial score (nSPS) is 12.2. The summed E-state index contributed by atoms with van der Waals surface area (Å²) in [6.45, 7) is 6.15. The molecule has 0 spiro atoms. The van der Waals surface area contributed by atoms with Crippen LogP contribution < -0.4 is 15.0 Å². The molecule has 0 saturated heterocycles. The molecule has 0 radical (unpaired) electrons. The first kappa shape index (κ1) is 13.8. The predicted molar refractivity (Wildman–Crippen MR) is 74.0 cm³/mol. The van der Waals surface area contributed by atoms with Crippen molar-refractivity contribution in [3.8, 4) is 5.75 Å². The number of ether oxygens (including phenoxy) is 1. The van der Waals surface area contributed by atoms with E-state index in [-0.39, 0.29) is 6.10 Å². The van der Waals surface area contributed by atoms with E-state index in [0.29, 0.717) is 0 Å². The zero-order valence-electron chi connectivity index (χ0n) is 11.4. The molecule has 0 aromatic heterocycles. The summed E-state index contributed by atoms with van der Waals surface area (Å²) in [4.78, 5) is 2.08. The fraction of sp³-hybridized carbons (Fsp3) is 0.571. The first-order valence-electron chi connectivity index (χ1n) is 6.32. The van der Waals surface area contributed by atoms with E-state index in [1.165, 1.54) is 5.69 Å². The molecule has 1 atom stereocenters. The van der Waals surface area contributed by atoms with E-state index in [2.05, 4.69) is 36.2 Å². The maximum atomic E-state index is 5.97. The monoisotopic (exact) mass is 236 g/mol. The molecule has 0 bridgehead atoms. The van der Waals surface area contributed by atoms with Crippen LogP contribution >= 0.6 is 0 Å². The minimum absolute atomic E-state index is 0.243. The molecule has 3 nitrogen and oxygen atoms in total. The van der Waals surface area contributed by atoms with E-state index in [0.717, 1.165) is 25.3 Å². The summed E-state index contributed by atoms with van der Waals surface area (Å²) >= 11 is 0. The Balaban J connectivity index is 2.62. The van der Waals surface area contributed by atoms with Gasteiger partial charge in [-0.2, -0.15) is 0 Å². The van der Waals surface area contributed by atoms with Crippen LogP contribution in [0.2, 0.25) is 0 Å². The molecule has 0 fully saturated rings. The molecule has 1 aromatic rings. The van der Waals surface area contributed by atoms with Gasteiger partial charge in [0.15, 0.2) is 0 Å². The van der Waals surface area contributed by atoms with Gasteiger partial charge in [0, 0.05) is 32.4 Å². The van der Waals surface area contributed by atoms with Crippen LogP contribution in [0.25, 0.3) is 0 Å². The SMILES string of the molecule is CCNCC(CC)Oc1cccc(N(C)C)c1. The number of nitrogens with one attached hydrogen (secondary N) is 1. The second-order valence-corrected chi connectivity index (χ2v) is 4.35. The third-order valence-corrected chi connectivity index (χ3v) is 2.71. The van der Waals surface area contributed by atoms with Gasteiger partial charge < -0.3 is 15.0 Å². The summed E-state index contributed by atoms with van der Waals surface area (Å²) in [6.07, 6.45) is 1.26. The number of likely N-dealkylation sites (N-methyl/N-ethyl adjacent to an activating group) is 1. The van der Waals surface area contributed by atoms with E-state index in [9.17, 15) is 0 Å². The molecular formula is C14H24N2O. The number of rotatable bonds is 7. The lowest BCUT2D eigenvalue weighted by atomic mass is 10.2. The third-order valence-electron chi connectivity index (χ3n) is 2.71. The van der Waals surface area contributed by atoms with Crippen molar-refractivity contribution >= 4 is 5.69 Å². The number of hydrogen-bond acceptors (Lipinski definition) is 3. The summed E-state index contributed by atoms with van der Waals surface area (Å²) in [5.74, 6) is 0.945. The van der Waals surface area contributed by atoms with E-state index in [4.69, 9.17) is 4.74 Å². The average Bonchev–Trinajstić information content (AvgIpc) is 2.34. The van der Waals surface area contributed by atoms with Crippen molar-refractivity contribution in [3.05, 3.63) is 24.3 Å². The Kier molecular flexibility index (Phi) is 5.84. The first-order valence-corrected chi connectivity index (χ1v) is 6.32. The maximum Gasteiger partial charge on any atom is 0.121 e. The van der Waals surface area contributed by atoms with E-state index in [1.54, 1.807) is 0 Å². The van der Waals surface area contributed by atoms with Crippen molar-refractivity contribution in [2.75, 3.05) is 32.1 Å². The van der Waals surface area contributed by atoms with Crippen molar-refractivity contribution in [1.82, 2.24) is 5.32 Å². The van der Waals surface area contributed by atoms with Gasteiger partial charge in [-0.1, -0.05) is 19.9 Å². The Morgan fingerprint density at radius 1 is 1.29 bits per heavy atom. The lowest BCUT2D eigenvalue weighted by molar-refractivity contribution is 0.194. The molecule has 96 valence electrons. The molecule has 0 heterocycles. The highest BCUT2D eigenvalue weighted by Gasteiger charge is 2.07. The Hall–Kier alpha value is -1.22. The Labute approximate surface area is 105 Å². The smallest absolute Gasteiger partial charge is 0.121 e. The highest BCUT2D eigenvalue weighted by Crippen LogP contribution is 2.20. The molecule has 0 saturated carbocycles. The van der Waals surface area contributed by atoms with Gasteiger partial charge in [-0.25, -0.2) is 0 Å². The molecule has 1 rings (SSSR count). The molecule has 1 aromatic carbocycles. The predicted octanol–water partition coefficient (Wildman–Crippen LogP) is 2.52. The summed E-state index contributed by atoms with van der Waals surface area (Å²) in [5, 5.41) is 3.32. The Morgan fingerprint density at radius 3 is 2.65 bits per heavy atom. The highest BCUT2D eigenvalue weighted by atomic mass is 16.5. The van der Waals surface area contributed by atoms with Crippen molar-refractivity contribution in [2.45, 2.75) is 26.4 Å². The molecule has 17 heavy (non-hydrogen) atoms. The van der Waals surface area contributed by atoms with Crippen molar-refractivity contribution in [1.29, 1.82) is 0 Å². The van der Waals surface area contributed by atoms with Crippen LogP contribution in [-0.4, -0.2) is 33.3 Å². The van der Waals surface area contributed by atoms with Crippen LogP contribution in [0.3, 0.4) is 0 Å². The number of hydrogen-bond donors (Lipinski definition) is 1. The number of anilines is 1. The van der Waals surface area contributed by atoms with Gasteiger partial charge in [0.2, 0.25) is 0 Å². The van der Waals surface area contributed by atoms with Gasteiger partial charge in [-0.05, 0) is 25.1 Å². The second kappa shape index (κ2) is 7.17. The lowest BCUT2D eigenvalue weighted by Gasteiger charge is -2.19. The van der Waals surface area contributed by atoms with Gasteiger partial charge in [0.1, 0.15) is 11.9 Å². The second-order valence-electron chi connectivity index (χ2n) is 4.35. The van der Waals surface area contributed by atoms with E-state index >= 15 is 0 Å². The topological polar surface area (TPSA) is 24.5 Å². The van der Waals surface area contributed by atoms with Gasteiger partial charge in [0.25, 0.3) is 0 Å². The zero-order chi connectivity index (χ0) is 12.7. The van der Waals surface area contributed by atoms with E-state index < -0.39 is 0 Å². The van der Waals surface area contributed by atoms with Crippen molar-refractivity contribution < 1.29 is 4.74 Å². The summed E-state index contributed by atoms with van der Waals surface area (Å²) in [6, 6.07) is 8.21. The first-order chi connectivity index (χ1) is 8.17. The van der Waals surface area contributed by atoms with Crippen LogP contribution in [0.5, 0.6) is 5.75 Å². The minimum atomic E-state index is 0.243. The molecule has 3 heteroatoms. The van der Waals surface area contributed by atoms with Gasteiger partial charge in [-0.15, -0.1) is 0 Å². The van der Waals surface area contributed by atoms with Crippen LogP contribution in [-0.2, 0) is 0 Å². The zero-order valence-corrected chi connectivity index (χ0v) is 11.4. The molecule has 0 aliphatic carbocycles. The van der Waals surface area contributed by atoms with Gasteiger partial charge >= 0.3 is 0 Å². The average molecular weight is 236 g/mol. The van der Waals surface area contributed by atoms with E-state index in [1.807, 2.05) is 26.2 Å². The van der Waals surface area contributed by atoms with Crippen molar-refractivity contribution in [3.63, 3.8) is 0 Å². The molecule has 0 aliphatic rings. The number of nitrogens with zero attached hydrogens (tertiary/aromatic N) is 1. The Morgan fingerprint density at radius 2 is 2.06 bits per heavy atom. The summed E-state index contributed by atoms with van der Waals surface area (Å²) in [5.41, 5.74) is 1.17. The Bertz CT molecular complexity index is 326. The summed E-state index contributed by atoms with van der Waals surface area (Å²) < 4.78 is 5.97. The highest BCUT2D eigenvalue weighted by molar-refractivity contribution is 5.49. The quantitative estimate of drug-likeness (QED) is 0.787. The van der Waals surface area contributed by atoms with Gasteiger partial charge in [-0.3, -0.25) is 0 Å². The molecule has 1 unspecified atom stereocenters. The minimum Gasteiger partial charge on any atom is -0.489 e. The molecule has 0 amide bonds. The van der Waals surface area contributed by atoms with Crippen LogP contribution in [0.4, 0.5) is 5.69 Å². The standard InChI is InChI=1S/C14H24N2O/c1-5-13(11-15-6-2)17-14-9-7-8-12(10-14)16(3)4/h7-10,13,15H,5-6,11H2,1-4H3. The van der Waals surface area contributed by atoms with Gasteiger partial charge in [0.05, 0.1) is 0 Å². The fourth-order valence-electron chi connectivity index (χ4n) is 1.60. The fourth-order valence-corrected chi connectivity index (χ4v) is 1.60. The summed E-state index contributed by atoms with van der Waals surface area (Å²) in [7, 11) is 4.07. The van der Waals surface area contributed by atoms with Crippen LogP contribution in [0.15, 0.2) is 24.3 Å². The molecule has 1 N–H and O–H groups in total. The van der Waals surface area contributed by atoms with Crippen LogP contribution in [0.1, 0.15) is 20.3 Å². The number of benzene rings is 1. The maximum absolute atomic E-state index is 5.97. The van der Waals surface area contributed by atoms with Crippen molar-refractivity contribution in [2.24, 2.45) is 0 Å². The molecular weight excluding hydrogens is 212 g/mol. The van der Waals surface area contributed by atoms with Crippen LogP contribution in [0, 0.1) is 0 Å². The lowest BCUT2D eigenvalue weighted by Crippen LogP contribution is -2.30. The largest absolute Gasteiger partial charge is 0.489 e.